The van der Waals surface area contributed by atoms with Crippen molar-refractivity contribution in [3.63, 3.8) is 0 Å². The fraction of sp³-hybridized carbons (Fsp3) is 0.667. The Morgan fingerprint density at radius 3 is 3.16 bits per heavy atom. The Hall–Kier alpha value is -1.18. The van der Waals surface area contributed by atoms with Crippen molar-refractivity contribution >= 4 is 22.4 Å². The highest BCUT2D eigenvalue weighted by Gasteiger charge is 2.17. The topological polar surface area (TPSA) is 69.7 Å². The van der Waals surface area contributed by atoms with Gasteiger partial charge in [0.25, 0.3) is 0 Å². The van der Waals surface area contributed by atoms with Gasteiger partial charge in [-0.1, -0.05) is 11.3 Å². The van der Waals surface area contributed by atoms with Gasteiger partial charge in [-0.15, -0.1) is 0 Å². The van der Waals surface area contributed by atoms with E-state index in [0.717, 1.165) is 13.0 Å². The molecule has 1 aliphatic rings. The Morgan fingerprint density at radius 2 is 2.47 bits per heavy atom. The number of ether oxygens (including phenoxy) is 3. The van der Waals surface area contributed by atoms with Crippen LogP contribution in [0, 0.1) is 6.92 Å². The minimum atomic E-state index is -0.345. The summed E-state index contributed by atoms with van der Waals surface area (Å²) in [6.45, 7) is 4.51. The Bertz CT molecular complexity index is 429. The van der Waals surface area contributed by atoms with Crippen LogP contribution >= 0.6 is 11.3 Å². The second-order valence-corrected chi connectivity index (χ2v) is 5.21. The second-order valence-electron chi connectivity index (χ2n) is 4.21. The van der Waals surface area contributed by atoms with Crippen molar-refractivity contribution in [1.82, 2.24) is 4.98 Å². The van der Waals surface area contributed by atoms with Crippen LogP contribution in [0.15, 0.2) is 0 Å². The molecule has 2 heterocycles. The first-order valence-electron chi connectivity index (χ1n) is 6.19. The third-order valence-electron chi connectivity index (χ3n) is 2.79. The molecule has 1 aliphatic heterocycles. The molecule has 1 N–H and O–H groups in total. The van der Waals surface area contributed by atoms with Gasteiger partial charge in [-0.2, -0.15) is 0 Å². The molecule has 1 aromatic rings. The molecule has 0 spiro atoms. The minimum absolute atomic E-state index is 0.213. The van der Waals surface area contributed by atoms with Crippen LogP contribution in [0.2, 0.25) is 0 Å². The smallest absolute Gasteiger partial charge is 0.350 e. The molecule has 2 rings (SSSR count). The number of aromatic nitrogens is 1. The molecule has 0 bridgehead atoms. The number of carbonyl (C=O) groups excluding carboxylic acids is 1. The first-order valence-corrected chi connectivity index (χ1v) is 7.01. The summed E-state index contributed by atoms with van der Waals surface area (Å²) in [5.41, 5.74) is 0.685. The third kappa shape index (κ3) is 3.89. The summed E-state index contributed by atoms with van der Waals surface area (Å²) < 4.78 is 15.5. The number of methoxy groups -OCH3 is 1. The number of nitrogens with zero attached hydrogens (tertiary/aromatic N) is 1. The average molecular weight is 286 g/mol. The zero-order valence-electron chi connectivity index (χ0n) is 11.1. The molecule has 6 nitrogen and oxygen atoms in total. The molecule has 0 amide bonds. The number of aryl methyl sites for hydroxylation is 1. The highest BCUT2D eigenvalue weighted by atomic mass is 32.1. The SMILES string of the molecule is COC(=O)c1sc(NCCOC2CCOC2)nc1C. The summed E-state index contributed by atoms with van der Waals surface area (Å²) in [5.74, 6) is -0.345. The van der Waals surface area contributed by atoms with Crippen molar-refractivity contribution in [3.8, 4) is 0 Å². The molecule has 7 heteroatoms. The fourth-order valence-electron chi connectivity index (χ4n) is 1.78. The van der Waals surface area contributed by atoms with E-state index in [1.165, 1.54) is 18.4 Å². The van der Waals surface area contributed by atoms with Crippen LogP contribution < -0.4 is 5.32 Å². The normalized spacial score (nSPS) is 18.5. The van der Waals surface area contributed by atoms with E-state index in [-0.39, 0.29) is 12.1 Å². The van der Waals surface area contributed by atoms with Crippen molar-refractivity contribution in [2.75, 3.05) is 38.8 Å². The molecule has 1 aromatic heterocycles. The lowest BCUT2D eigenvalue weighted by atomic mass is 10.3. The number of hydrogen-bond acceptors (Lipinski definition) is 7. The van der Waals surface area contributed by atoms with Crippen LogP contribution in [0.1, 0.15) is 21.8 Å². The third-order valence-corrected chi connectivity index (χ3v) is 3.88. The van der Waals surface area contributed by atoms with Crippen LogP contribution in [0.3, 0.4) is 0 Å². The quantitative estimate of drug-likeness (QED) is 0.630. The molecule has 19 heavy (non-hydrogen) atoms. The van der Waals surface area contributed by atoms with Gasteiger partial charge in [-0.25, -0.2) is 9.78 Å². The van der Waals surface area contributed by atoms with Crippen LogP contribution in [-0.4, -0.2) is 50.5 Å². The molecule has 1 fully saturated rings. The summed E-state index contributed by atoms with van der Waals surface area (Å²) in [6.07, 6.45) is 1.17. The monoisotopic (exact) mass is 286 g/mol. The number of nitrogens with one attached hydrogen (secondary N) is 1. The Kier molecular flexibility index (Phi) is 5.12. The second kappa shape index (κ2) is 6.83. The number of rotatable bonds is 6. The zero-order chi connectivity index (χ0) is 13.7. The number of esters is 1. The van der Waals surface area contributed by atoms with E-state index >= 15 is 0 Å². The first-order chi connectivity index (χ1) is 9.20. The summed E-state index contributed by atoms with van der Waals surface area (Å²) in [5, 5.41) is 3.85. The molecule has 0 aromatic carbocycles. The van der Waals surface area contributed by atoms with Crippen molar-refractivity contribution in [2.45, 2.75) is 19.4 Å². The summed E-state index contributed by atoms with van der Waals surface area (Å²) in [4.78, 5) is 16.2. The molecular weight excluding hydrogens is 268 g/mol. The van der Waals surface area contributed by atoms with Gasteiger partial charge in [-0.3, -0.25) is 0 Å². The van der Waals surface area contributed by atoms with Gasteiger partial charge in [0.2, 0.25) is 0 Å². The highest BCUT2D eigenvalue weighted by Crippen LogP contribution is 2.22. The predicted molar refractivity (Wildman–Crippen MR) is 71.9 cm³/mol. The van der Waals surface area contributed by atoms with Crippen LogP contribution in [0.5, 0.6) is 0 Å². The lowest BCUT2D eigenvalue weighted by molar-refractivity contribution is 0.0489. The maximum Gasteiger partial charge on any atom is 0.350 e. The molecule has 0 saturated carbocycles. The van der Waals surface area contributed by atoms with Gasteiger partial charge in [0, 0.05) is 13.2 Å². The first kappa shape index (κ1) is 14.2. The van der Waals surface area contributed by atoms with Gasteiger partial charge in [0.05, 0.1) is 32.1 Å². The van der Waals surface area contributed by atoms with Crippen molar-refractivity contribution in [2.24, 2.45) is 0 Å². The van der Waals surface area contributed by atoms with Gasteiger partial charge in [-0.05, 0) is 13.3 Å². The molecule has 106 valence electrons. The molecule has 1 saturated heterocycles. The summed E-state index contributed by atoms with van der Waals surface area (Å²) >= 11 is 1.30. The Morgan fingerprint density at radius 1 is 1.63 bits per heavy atom. The van der Waals surface area contributed by atoms with Crippen molar-refractivity contribution in [3.05, 3.63) is 10.6 Å². The number of hydrogen-bond donors (Lipinski definition) is 1. The molecule has 0 aliphatic carbocycles. The molecule has 1 atom stereocenters. The molecular formula is C12H18N2O4S. The fourth-order valence-corrected chi connectivity index (χ4v) is 2.69. The van der Waals surface area contributed by atoms with E-state index in [0.29, 0.717) is 35.5 Å². The van der Waals surface area contributed by atoms with Crippen LogP contribution in [0.25, 0.3) is 0 Å². The minimum Gasteiger partial charge on any atom is -0.465 e. The average Bonchev–Trinajstić information content (AvgIpc) is 3.03. The van der Waals surface area contributed by atoms with E-state index in [9.17, 15) is 4.79 Å². The molecule has 1 unspecified atom stereocenters. The standard InChI is InChI=1S/C12H18N2O4S/c1-8-10(11(15)16-2)19-12(14-8)13-4-6-18-9-3-5-17-7-9/h9H,3-7H2,1-2H3,(H,13,14). The number of anilines is 1. The van der Waals surface area contributed by atoms with Crippen molar-refractivity contribution in [1.29, 1.82) is 0 Å². The van der Waals surface area contributed by atoms with E-state index in [4.69, 9.17) is 9.47 Å². The molecule has 0 radical (unpaired) electrons. The summed E-state index contributed by atoms with van der Waals surface area (Å²) in [7, 11) is 1.37. The maximum atomic E-state index is 11.4. The van der Waals surface area contributed by atoms with E-state index < -0.39 is 0 Å². The van der Waals surface area contributed by atoms with E-state index in [1.54, 1.807) is 6.92 Å². The largest absolute Gasteiger partial charge is 0.465 e. The van der Waals surface area contributed by atoms with E-state index in [1.807, 2.05) is 0 Å². The van der Waals surface area contributed by atoms with Crippen LogP contribution in [-0.2, 0) is 14.2 Å². The highest BCUT2D eigenvalue weighted by molar-refractivity contribution is 7.17. The van der Waals surface area contributed by atoms with Gasteiger partial charge >= 0.3 is 5.97 Å². The number of carbonyl (C=O) groups is 1. The predicted octanol–water partition coefficient (Wildman–Crippen LogP) is 1.46. The van der Waals surface area contributed by atoms with E-state index in [2.05, 4.69) is 15.0 Å². The Balaban J connectivity index is 1.75. The van der Waals surface area contributed by atoms with Gasteiger partial charge in [0.15, 0.2) is 5.13 Å². The lowest BCUT2D eigenvalue weighted by Gasteiger charge is -2.09. The zero-order valence-corrected chi connectivity index (χ0v) is 11.9. The van der Waals surface area contributed by atoms with Gasteiger partial charge in [0.1, 0.15) is 4.88 Å². The lowest BCUT2D eigenvalue weighted by Crippen LogP contribution is -2.17. The van der Waals surface area contributed by atoms with Crippen LogP contribution in [0.4, 0.5) is 5.13 Å². The van der Waals surface area contributed by atoms with Crippen molar-refractivity contribution < 1.29 is 19.0 Å². The maximum absolute atomic E-state index is 11.4. The number of thiazole rings is 1. The Labute approximate surface area is 116 Å². The van der Waals surface area contributed by atoms with Gasteiger partial charge < -0.3 is 19.5 Å². The summed E-state index contributed by atoms with van der Waals surface area (Å²) in [6, 6.07) is 0.